The van der Waals surface area contributed by atoms with Crippen LogP contribution < -0.4 is 0 Å². The molecular formula is C12H18O5. The number of hydrogen-bond acceptors (Lipinski definition) is 5. The van der Waals surface area contributed by atoms with Gasteiger partial charge < -0.3 is 14.2 Å². The van der Waals surface area contributed by atoms with E-state index in [4.69, 9.17) is 14.2 Å². The Morgan fingerprint density at radius 3 is 2.18 bits per heavy atom. The van der Waals surface area contributed by atoms with Crippen molar-refractivity contribution in [2.45, 2.75) is 26.1 Å². The molecule has 0 spiro atoms. The van der Waals surface area contributed by atoms with E-state index in [0.29, 0.717) is 0 Å². The van der Waals surface area contributed by atoms with E-state index in [-0.39, 0.29) is 19.3 Å². The third-order valence-corrected chi connectivity index (χ3v) is 1.64. The molecule has 0 N–H and O–H groups in total. The van der Waals surface area contributed by atoms with Crippen LogP contribution in [0.15, 0.2) is 25.3 Å². The molecule has 5 heteroatoms. The number of rotatable bonds is 8. The third-order valence-electron chi connectivity index (χ3n) is 1.64. The molecule has 0 aromatic carbocycles. The minimum Gasteiger partial charge on any atom is -0.458 e. The fourth-order valence-corrected chi connectivity index (χ4v) is 0.862. The Morgan fingerprint density at radius 1 is 1.12 bits per heavy atom. The Balaban J connectivity index is 4.18. The number of hydrogen-bond donors (Lipinski definition) is 0. The summed E-state index contributed by atoms with van der Waals surface area (Å²) in [6.45, 7) is 10.3. The topological polar surface area (TPSA) is 61.8 Å². The maximum atomic E-state index is 11.0. The van der Waals surface area contributed by atoms with E-state index in [1.807, 2.05) is 13.8 Å². The molecule has 0 heterocycles. The Morgan fingerprint density at radius 2 is 1.71 bits per heavy atom. The molecule has 0 aromatic rings. The van der Waals surface area contributed by atoms with Crippen LogP contribution in [0.5, 0.6) is 0 Å². The van der Waals surface area contributed by atoms with Gasteiger partial charge in [0.2, 0.25) is 0 Å². The first-order chi connectivity index (χ1) is 7.99. The van der Waals surface area contributed by atoms with Crippen molar-refractivity contribution < 1.29 is 23.8 Å². The van der Waals surface area contributed by atoms with Gasteiger partial charge in [0.25, 0.3) is 0 Å². The normalized spacial score (nSPS) is 11.7. The van der Waals surface area contributed by atoms with E-state index in [1.165, 1.54) is 0 Å². The van der Waals surface area contributed by atoms with Crippen molar-refractivity contribution in [1.29, 1.82) is 0 Å². The highest BCUT2D eigenvalue weighted by Gasteiger charge is 2.15. The van der Waals surface area contributed by atoms with Gasteiger partial charge in [0.1, 0.15) is 6.61 Å². The highest BCUT2D eigenvalue weighted by atomic mass is 16.6. The molecule has 0 bridgehead atoms. The van der Waals surface area contributed by atoms with Gasteiger partial charge in [-0.3, -0.25) is 0 Å². The van der Waals surface area contributed by atoms with Crippen LogP contribution in [0, 0.1) is 0 Å². The summed E-state index contributed by atoms with van der Waals surface area (Å²) in [5.74, 6) is -1.16. The molecule has 0 rings (SSSR count). The summed E-state index contributed by atoms with van der Waals surface area (Å²) in [5.41, 5.74) is 0. The van der Waals surface area contributed by atoms with Crippen molar-refractivity contribution in [1.82, 2.24) is 0 Å². The third kappa shape index (κ3) is 8.21. The average Bonchev–Trinajstić information content (AvgIpc) is 2.31. The molecule has 0 saturated heterocycles. The molecule has 96 valence electrons. The first kappa shape index (κ1) is 15.4. The van der Waals surface area contributed by atoms with Gasteiger partial charge in [-0.25, -0.2) is 9.59 Å². The van der Waals surface area contributed by atoms with Gasteiger partial charge in [0.05, 0.1) is 12.7 Å². The standard InChI is InChI=1S/C12H18O5/c1-5-11(13)16-8-10(7-15-9(3)4)17-12(14)6-2/h5-6,9-10H,1-2,7-8H2,3-4H3. The minimum atomic E-state index is -0.646. The average molecular weight is 242 g/mol. The Bertz CT molecular complexity index is 283. The second kappa shape index (κ2) is 8.52. The molecule has 0 saturated carbocycles. The van der Waals surface area contributed by atoms with Crippen LogP contribution in [-0.2, 0) is 23.8 Å². The van der Waals surface area contributed by atoms with Crippen LogP contribution >= 0.6 is 0 Å². The zero-order valence-corrected chi connectivity index (χ0v) is 10.2. The molecule has 5 nitrogen and oxygen atoms in total. The van der Waals surface area contributed by atoms with E-state index >= 15 is 0 Å². The number of carbonyl (C=O) groups is 2. The zero-order chi connectivity index (χ0) is 13.3. The lowest BCUT2D eigenvalue weighted by atomic mass is 10.4. The van der Waals surface area contributed by atoms with Crippen LogP contribution in [0.1, 0.15) is 13.8 Å². The molecule has 0 aliphatic heterocycles. The van der Waals surface area contributed by atoms with Crippen LogP contribution in [-0.4, -0.2) is 37.4 Å². The van der Waals surface area contributed by atoms with Crippen molar-refractivity contribution in [3.8, 4) is 0 Å². The quantitative estimate of drug-likeness (QED) is 0.473. The van der Waals surface area contributed by atoms with Crippen molar-refractivity contribution in [2.24, 2.45) is 0 Å². The second-order valence-electron chi connectivity index (χ2n) is 3.48. The highest BCUT2D eigenvalue weighted by molar-refractivity contribution is 5.82. The van der Waals surface area contributed by atoms with E-state index in [1.54, 1.807) is 0 Å². The molecule has 1 unspecified atom stereocenters. The molecule has 0 aliphatic carbocycles. The lowest BCUT2D eigenvalue weighted by Gasteiger charge is -2.18. The van der Waals surface area contributed by atoms with Gasteiger partial charge >= 0.3 is 11.9 Å². The van der Waals surface area contributed by atoms with Gasteiger partial charge in [-0.2, -0.15) is 0 Å². The second-order valence-corrected chi connectivity index (χ2v) is 3.48. The molecular weight excluding hydrogens is 224 g/mol. The van der Waals surface area contributed by atoms with Crippen LogP contribution in [0.2, 0.25) is 0 Å². The fraction of sp³-hybridized carbons (Fsp3) is 0.500. The summed E-state index contributed by atoms with van der Waals surface area (Å²) in [6.07, 6.45) is 1.43. The summed E-state index contributed by atoms with van der Waals surface area (Å²) < 4.78 is 15.0. The fourth-order valence-electron chi connectivity index (χ4n) is 0.862. The maximum absolute atomic E-state index is 11.0. The molecule has 0 aromatic heterocycles. The molecule has 0 amide bonds. The summed E-state index contributed by atoms with van der Waals surface area (Å²) in [7, 11) is 0. The molecule has 0 radical (unpaired) electrons. The van der Waals surface area contributed by atoms with Gasteiger partial charge in [-0.1, -0.05) is 13.2 Å². The van der Waals surface area contributed by atoms with Crippen molar-refractivity contribution in [3.05, 3.63) is 25.3 Å². The summed E-state index contributed by atoms with van der Waals surface area (Å²) in [4.78, 5) is 21.9. The lowest BCUT2D eigenvalue weighted by molar-refractivity contribution is -0.157. The Labute approximate surface area is 101 Å². The van der Waals surface area contributed by atoms with Crippen LogP contribution in [0.3, 0.4) is 0 Å². The Kier molecular flexibility index (Phi) is 7.71. The Hall–Kier alpha value is -1.62. The lowest BCUT2D eigenvalue weighted by Crippen LogP contribution is -2.30. The van der Waals surface area contributed by atoms with Gasteiger partial charge in [-0.15, -0.1) is 0 Å². The zero-order valence-electron chi connectivity index (χ0n) is 10.2. The van der Waals surface area contributed by atoms with Gasteiger partial charge in [0.15, 0.2) is 6.10 Å². The smallest absolute Gasteiger partial charge is 0.330 e. The number of carbonyl (C=O) groups excluding carboxylic acids is 2. The monoisotopic (exact) mass is 242 g/mol. The van der Waals surface area contributed by atoms with E-state index in [0.717, 1.165) is 12.2 Å². The predicted molar refractivity (Wildman–Crippen MR) is 62.3 cm³/mol. The van der Waals surface area contributed by atoms with Crippen LogP contribution in [0.25, 0.3) is 0 Å². The first-order valence-electron chi connectivity index (χ1n) is 5.23. The molecule has 0 aliphatic rings. The van der Waals surface area contributed by atoms with Gasteiger partial charge in [0, 0.05) is 12.2 Å². The minimum absolute atomic E-state index is 0.00459. The summed E-state index contributed by atoms with van der Waals surface area (Å²) in [5, 5.41) is 0. The van der Waals surface area contributed by atoms with Crippen molar-refractivity contribution >= 4 is 11.9 Å². The maximum Gasteiger partial charge on any atom is 0.330 e. The molecule has 0 fully saturated rings. The molecule has 1 atom stereocenters. The van der Waals surface area contributed by atoms with E-state index in [9.17, 15) is 9.59 Å². The molecule has 17 heavy (non-hydrogen) atoms. The SMILES string of the molecule is C=CC(=O)OCC(COC(C)C)OC(=O)C=C. The van der Waals surface area contributed by atoms with Crippen molar-refractivity contribution in [2.75, 3.05) is 13.2 Å². The van der Waals surface area contributed by atoms with Gasteiger partial charge in [-0.05, 0) is 13.8 Å². The number of esters is 2. The van der Waals surface area contributed by atoms with Crippen molar-refractivity contribution in [3.63, 3.8) is 0 Å². The predicted octanol–water partition coefficient (Wildman–Crippen LogP) is 1.24. The summed E-state index contributed by atoms with van der Waals surface area (Å²) >= 11 is 0. The number of ether oxygens (including phenoxy) is 3. The largest absolute Gasteiger partial charge is 0.458 e. The first-order valence-corrected chi connectivity index (χ1v) is 5.23. The van der Waals surface area contributed by atoms with Crippen LogP contribution in [0.4, 0.5) is 0 Å². The summed E-state index contributed by atoms with van der Waals surface area (Å²) in [6, 6.07) is 0. The van der Waals surface area contributed by atoms with E-state index < -0.39 is 18.0 Å². The highest BCUT2D eigenvalue weighted by Crippen LogP contribution is 2.00. The van der Waals surface area contributed by atoms with E-state index in [2.05, 4.69) is 13.2 Å².